The van der Waals surface area contributed by atoms with E-state index in [1.807, 2.05) is 14.1 Å². The molecule has 0 aliphatic carbocycles. The van der Waals surface area contributed by atoms with Crippen LogP contribution in [-0.4, -0.2) is 47.6 Å². The van der Waals surface area contributed by atoms with Gasteiger partial charge in [-0.2, -0.15) is 0 Å². The minimum atomic E-state index is -1.01. The number of aromatic carboxylic acids is 1. The zero-order valence-electron chi connectivity index (χ0n) is 11.3. The number of anilines is 1. The van der Waals surface area contributed by atoms with Crippen molar-refractivity contribution in [3.05, 3.63) is 24.0 Å². The van der Waals surface area contributed by atoms with Gasteiger partial charge in [0.05, 0.1) is 5.69 Å². The summed E-state index contributed by atoms with van der Waals surface area (Å²) in [6.07, 6.45) is 1.49. The second-order valence-corrected chi connectivity index (χ2v) is 4.96. The Bertz CT molecular complexity index is 405. The van der Waals surface area contributed by atoms with Crippen molar-refractivity contribution < 1.29 is 9.90 Å². The maximum absolute atomic E-state index is 11.1. The van der Waals surface area contributed by atoms with Gasteiger partial charge in [0.15, 0.2) is 5.69 Å². The summed E-state index contributed by atoms with van der Waals surface area (Å²) < 4.78 is 0. The van der Waals surface area contributed by atoms with Gasteiger partial charge in [0.2, 0.25) is 0 Å². The molecule has 5 heteroatoms. The maximum Gasteiger partial charge on any atom is 0.356 e. The Kier molecular flexibility index (Phi) is 5.09. The summed E-state index contributed by atoms with van der Waals surface area (Å²) >= 11 is 0. The normalized spacial score (nSPS) is 12.8. The van der Waals surface area contributed by atoms with Crippen molar-refractivity contribution >= 4 is 11.7 Å². The van der Waals surface area contributed by atoms with Gasteiger partial charge < -0.3 is 15.3 Å². The van der Waals surface area contributed by atoms with Gasteiger partial charge in [-0.3, -0.25) is 0 Å². The minimum Gasteiger partial charge on any atom is -0.476 e. The predicted molar refractivity (Wildman–Crippen MR) is 72.0 cm³/mol. The van der Waals surface area contributed by atoms with Gasteiger partial charge in [0.25, 0.3) is 0 Å². The Morgan fingerprint density at radius 2 is 2.17 bits per heavy atom. The lowest BCUT2D eigenvalue weighted by molar-refractivity contribution is 0.0691. The van der Waals surface area contributed by atoms with Crippen LogP contribution in [0.2, 0.25) is 0 Å². The van der Waals surface area contributed by atoms with E-state index in [9.17, 15) is 4.79 Å². The third-order valence-corrected chi connectivity index (χ3v) is 2.72. The fourth-order valence-electron chi connectivity index (χ4n) is 1.71. The fraction of sp³-hybridized carbons (Fsp3) is 0.538. The maximum atomic E-state index is 11.1. The van der Waals surface area contributed by atoms with Gasteiger partial charge in [0.1, 0.15) is 0 Å². The lowest BCUT2D eigenvalue weighted by atomic mass is 10.0. The molecule has 0 aliphatic rings. The molecule has 18 heavy (non-hydrogen) atoms. The second-order valence-electron chi connectivity index (χ2n) is 4.96. The molecule has 2 N–H and O–H groups in total. The first-order valence-electron chi connectivity index (χ1n) is 6.01. The van der Waals surface area contributed by atoms with E-state index in [1.165, 1.54) is 6.20 Å². The average Bonchev–Trinajstić information content (AvgIpc) is 2.27. The van der Waals surface area contributed by atoms with E-state index in [-0.39, 0.29) is 11.7 Å². The number of aromatic nitrogens is 1. The minimum absolute atomic E-state index is 0.0712. The second kappa shape index (κ2) is 6.35. The van der Waals surface area contributed by atoms with Crippen LogP contribution in [-0.2, 0) is 0 Å². The van der Waals surface area contributed by atoms with Crippen LogP contribution in [0.25, 0.3) is 0 Å². The molecule has 0 saturated heterocycles. The average molecular weight is 251 g/mol. The summed E-state index contributed by atoms with van der Waals surface area (Å²) in [5.74, 6) is -0.611. The molecule has 100 valence electrons. The highest BCUT2D eigenvalue weighted by molar-refractivity contribution is 5.91. The molecule has 0 fully saturated rings. The zero-order valence-corrected chi connectivity index (χ0v) is 11.3. The molecular formula is C13H21N3O2. The van der Waals surface area contributed by atoms with Gasteiger partial charge in [-0.15, -0.1) is 0 Å². The molecule has 1 heterocycles. The van der Waals surface area contributed by atoms with E-state index in [2.05, 4.69) is 29.0 Å². The Hall–Kier alpha value is -1.62. The van der Waals surface area contributed by atoms with Crippen molar-refractivity contribution in [1.29, 1.82) is 0 Å². The van der Waals surface area contributed by atoms with Crippen LogP contribution < -0.4 is 5.32 Å². The molecule has 1 rings (SSSR count). The zero-order chi connectivity index (χ0) is 13.7. The van der Waals surface area contributed by atoms with Crippen LogP contribution >= 0.6 is 0 Å². The highest BCUT2D eigenvalue weighted by Crippen LogP contribution is 2.16. The topological polar surface area (TPSA) is 65.5 Å². The molecular weight excluding hydrogens is 230 g/mol. The number of likely N-dealkylation sites (N-methyl/N-ethyl adjacent to an activating group) is 1. The van der Waals surface area contributed by atoms with Crippen molar-refractivity contribution in [3.63, 3.8) is 0 Å². The molecule has 0 spiro atoms. The molecule has 5 nitrogen and oxygen atoms in total. The number of hydrogen-bond donors (Lipinski definition) is 2. The highest BCUT2D eigenvalue weighted by Gasteiger charge is 2.18. The number of pyridine rings is 1. The van der Waals surface area contributed by atoms with Gasteiger partial charge in [-0.25, -0.2) is 9.78 Å². The van der Waals surface area contributed by atoms with Crippen LogP contribution in [0, 0.1) is 5.92 Å². The predicted octanol–water partition coefficient (Wildman–Crippen LogP) is 1.78. The Morgan fingerprint density at radius 3 is 2.67 bits per heavy atom. The Morgan fingerprint density at radius 1 is 1.50 bits per heavy atom. The van der Waals surface area contributed by atoms with Crippen LogP contribution in [0.1, 0.15) is 24.3 Å². The van der Waals surface area contributed by atoms with Crippen LogP contribution in [0.5, 0.6) is 0 Å². The Balaban J connectivity index is 2.90. The number of carboxylic acid groups (broad SMARTS) is 1. The van der Waals surface area contributed by atoms with Crippen molar-refractivity contribution in [1.82, 2.24) is 9.88 Å². The smallest absolute Gasteiger partial charge is 0.356 e. The number of rotatable bonds is 6. The first-order chi connectivity index (χ1) is 8.41. The lowest BCUT2D eigenvalue weighted by Gasteiger charge is -2.27. The van der Waals surface area contributed by atoms with E-state index in [0.717, 1.165) is 6.54 Å². The van der Waals surface area contributed by atoms with E-state index in [1.54, 1.807) is 12.1 Å². The summed E-state index contributed by atoms with van der Waals surface area (Å²) in [5.41, 5.74) is 0.646. The molecule has 0 amide bonds. The first kappa shape index (κ1) is 14.4. The van der Waals surface area contributed by atoms with Crippen molar-refractivity contribution in [2.45, 2.75) is 19.9 Å². The third kappa shape index (κ3) is 4.00. The molecule has 0 saturated carbocycles. The summed E-state index contributed by atoms with van der Waals surface area (Å²) in [5, 5.41) is 12.4. The Labute approximate surface area is 108 Å². The van der Waals surface area contributed by atoms with E-state index in [4.69, 9.17) is 5.11 Å². The standard InChI is InChI=1S/C13H21N3O2/c1-9(2)11(8-16(3)4)15-10-6-5-7-14-12(10)13(17)18/h5-7,9,11,15H,8H2,1-4H3,(H,17,18). The number of nitrogens with zero attached hydrogens (tertiary/aromatic N) is 2. The van der Waals surface area contributed by atoms with E-state index in [0.29, 0.717) is 11.6 Å². The van der Waals surface area contributed by atoms with Crippen LogP contribution in [0.3, 0.4) is 0 Å². The van der Waals surface area contributed by atoms with Gasteiger partial charge in [-0.1, -0.05) is 13.8 Å². The fourth-order valence-corrected chi connectivity index (χ4v) is 1.71. The van der Waals surface area contributed by atoms with Crippen molar-refractivity contribution in [3.8, 4) is 0 Å². The third-order valence-electron chi connectivity index (χ3n) is 2.72. The van der Waals surface area contributed by atoms with Gasteiger partial charge in [0, 0.05) is 18.8 Å². The van der Waals surface area contributed by atoms with Crippen LogP contribution in [0.4, 0.5) is 5.69 Å². The summed E-state index contributed by atoms with van der Waals surface area (Å²) in [6, 6.07) is 3.67. The monoisotopic (exact) mass is 251 g/mol. The quantitative estimate of drug-likeness (QED) is 0.806. The van der Waals surface area contributed by atoms with Gasteiger partial charge in [-0.05, 0) is 32.1 Å². The molecule has 1 unspecified atom stereocenters. The SMILES string of the molecule is CC(C)C(CN(C)C)Nc1cccnc1C(=O)O. The summed E-state index contributed by atoms with van der Waals surface area (Å²) in [6.45, 7) is 5.06. The molecule has 0 bridgehead atoms. The number of hydrogen-bond acceptors (Lipinski definition) is 4. The molecule has 1 aromatic heterocycles. The number of carbonyl (C=O) groups is 1. The molecule has 1 aromatic rings. The van der Waals surface area contributed by atoms with Gasteiger partial charge >= 0.3 is 5.97 Å². The van der Waals surface area contributed by atoms with Crippen LogP contribution in [0.15, 0.2) is 18.3 Å². The highest BCUT2D eigenvalue weighted by atomic mass is 16.4. The lowest BCUT2D eigenvalue weighted by Crippen LogP contribution is -2.36. The van der Waals surface area contributed by atoms with Crippen molar-refractivity contribution in [2.75, 3.05) is 26.0 Å². The molecule has 1 atom stereocenters. The van der Waals surface area contributed by atoms with E-state index >= 15 is 0 Å². The number of carboxylic acids is 1. The summed E-state index contributed by atoms with van der Waals surface area (Å²) in [4.78, 5) is 17.1. The molecule has 0 radical (unpaired) electrons. The summed E-state index contributed by atoms with van der Waals surface area (Å²) in [7, 11) is 4.00. The van der Waals surface area contributed by atoms with Crippen molar-refractivity contribution in [2.24, 2.45) is 5.92 Å². The largest absolute Gasteiger partial charge is 0.476 e. The van der Waals surface area contributed by atoms with E-state index < -0.39 is 5.97 Å². The molecule has 0 aromatic carbocycles. The first-order valence-corrected chi connectivity index (χ1v) is 6.01. The number of nitrogens with one attached hydrogen (secondary N) is 1. The molecule has 0 aliphatic heterocycles.